The normalized spacial score (nSPS) is 11.5. The van der Waals surface area contributed by atoms with Gasteiger partial charge in [0.2, 0.25) is 0 Å². The molecule has 1 radical (unpaired) electrons. The van der Waals surface area contributed by atoms with Crippen LogP contribution in [0.4, 0.5) is 0 Å². The van der Waals surface area contributed by atoms with Crippen molar-refractivity contribution in [1.29, 1.82) is 0 Å². The molecule has 0 aromatic rings. The summed E-state index contributed by atoms with van der Waals surface area (Å²) < 4.78 is 3.09. The summed E-state index contributed by atoms with van der Waals surface area (Å²) >= 11 is -1.01. The molecule has 0 rings (SSSR count). The second kappa shape index (κ2) is 6.59. The predicted molar refractivity (Wildman–Crippen MR) is 58.3 cm³/mol. The van der Waals surface area contributed by atoms with E-state index in [2.05, 4.69) is 41.5 Å². The van der Waals surface area contributed by atoms with E-state index < -0.39 is 19.8 Å². The van der Waals surface area contributed by atoms with Crippen molar-refractivity contribution >= 4 is 32.2 Å². The fourth-order valence-electron chi connectivity index (χ4n) is 2.00. The minimum Gasteiger partial charge on any atom is -0.147 e. The van der Waals surface area contributed by atoms with Crippen LogP contribution in [0.5, 0.6) is 0 Å². The van der Waals surface area contributed by atoms with Gasteiger partial charge in [0, 0.05) is 0 Å². The Hall–Kier alpha value is 1.09. The van der Waals surface area contributed by atoms with Crippen LogP contribution in [0.15, 0.2) is 0 Å². The van der Waals surface area contributed by atoms with Crippen LogP contribution in [0, 0.1) is 0 Å². The molecule has 0 amide bonds. The van der Waals surface area contributed by atoms with Crippen molar-refractivity contribution in [1.82, 2.24) is 0 Å². The van der Waals surface area contributed by atoms with E-state index in [4.69, 9.17) is 0 Å². The van der Waals surface area contributed by atoms with Gasteiger partial charge in [-0.3, -0.25) is 0 Å². The average Bonchev–Trinajstić information content (AvgIpc) is 1.59. The summed E-state index contributed by atoms with van der Waals surface area (Å²) in [5, 5.41) is 0. The molecule has 0 heterocycles. The fourth-order valence-corrected chi connectivity index (χ4v) is 13.4. The van der Waals surface area contributed by atoms with Gasteiger partial charge in [-0.15, -0.1) is 12.4 Å². The molecule has 0 aliphatic rings. The molecule has 0 atom stereocenters. The minimum atomic E-state index is -1.01. The second-order valence-electron chi connectivity index (χ2n) is 3.96. The van der Waals surface area contributed by atoms with Crippen LogP contribution in [0.3, 0.4) is 0 Å². The summed E-state index contributed by atoms with van der Waals surface area (Å²) in [6.45, 7) is 14.5. The van der Waals surface area contributed by atoms with Gasteiger partial charge in [-0.1, -0.05) is 0 Å². The maximum atomic E-state index is 2.41. The largest absolute Gasteiger partial charge is 0.147 e. The van der Waals surface area contributed by atoms with E-state index >= 15 is 0 Å². The van der Waals surface area contributed by atoms with Crippen LogP contribution in [-0.4, -0.2) is 19.8 Å². The van der Waals surface area contributed by atoms with E-state index in [1.165, 1.54) is 0 Å². The molecule has 0 aromatic carbocycles. The third-order valence-corrected chi connectivity index (χ3v) is 13.4. The topological polar surface area (TPSA) is 0 Å². The number of rotatable bonds is 3. The number of hydrogen-bond donors (Lipinski definition) is 0. The van der Waals surface area contributed by atoms with E-state index in [-0.39, 0.29) is 12.4 Å². The average molecular weight is 284 g/mol. The summed E-state index contributed by atoms with van der Waals surface area (Å²) in [5.74, 6) is 0. The molecule has 69 valence electrons. The Kier molecular flexibility index (Phi) is 8.75. The molecule has 0 bridgehead atoms. The van der Waals surface area contributed by atoms with Gasteiger partial charge < -0.3 is 0 Å². The molecule has 0 N–H and O–H groups in total. The first-order valence-electron chi connectivity index (χ1n) is 4.33. The van der Waals surface area contributed by atoms with E-state index in [1.54, 1.807) is 0 Å². The molecule has 0 aliphatic carbocycles. The van der Waals surface area contributed by atoms with Crippen molar-refractivity contribution in [2.24, 2.45) is 0 Å². The summed E-state index contributed by atoms with van der Waals surface area (Å²) in [6, 6.07) is 0. The van der Waals surface area contributed by atoms with Crippen LogP contribution in [0.2, 0.25) is 11.8 Å². The first kappa shape index (κ1) is 14.6. The van der Waals surface area contributed by atoms with E-state index in [1.807, 2.05) is 0 Å². The maximum absolute atomic E-state index is 2.41. The molecule has 0 fully saturated rings. The summed E-state index contributed by atoms with van der Waals surface area (Å²) in [6.07, 6.45) is 0. The standard InChI is InChI=1S/3C3H7.ClH.Sn/c3*1-3-2;;/h3*3H,1-2H3;1H;. The van der Waals surface area contributed by atoms with E-state index in [9.17, 15) is 0 Å². The maximum Gasteiger partial charge on any atom is -0.147 e. The van der Waals surface area contributed by atoms with Gasteiger partial charge in [-0.2, -0.15) is 0 Å². The third kappa shape index (κ3) is 5.35. The Bertz CT molecular complexity index is 70.5. The molecule has 0 nitrogen and oxygen atoms in total. The Morgan fingerprint density at radius 3 is 0.818 bits per heavy atom. The molecular formula is C9H22ClSn. The van der Waals surface area contributed by atoms with Crippen LogP contribution in [0.25, 0.3) is 0 Å². The fraction of sp³-hybridized carbons (Fsp3) is 1.00. The van der Waals surface area contributed by atoms with Crippen LogP contribution in [0.1, 0.15) is 41.5 Å². The molecule has 11 heavy (non-hydrogen) atoms. The molecular weight excluding hydrogens is 262 g/mol. The van der Waals surface area contributed by atoms with Crippen molar-refractivity contribution in [2.45, 2.75) is 53.3 Å². The number of halogens is 1. The van der Waals surface area contributed by atoms with Gasteiger partial charge in [-0.25, -0.2) is 0 Å². The Morgan fingerprint density at radius 1 is 0.636 bits per heavy atom. The van der Waals surface area contributed by atoms with Crippen LogP contribution in [-0.2, 0) is 0 Å². The van der Waals surface area contributed by atoms with Crippen molar-refractivity contribution in [3.8, 4) is 0 Å². The monoisotopic (exact) mass is 285 g/mol. The zero-order valence-corrected chi connectivity index (χ0v) is 12.3. The van der Waals surface area contributed by atoms with E-state index in [0.29, 0.717) is 0 Å². The molecule has 0 aromatic heterocycles. The van der Waals surface area contributed by atoms with Gasteiger partial charge in [0.05, 0.1) is 0 Å². The zero-order chi connectivity index (χ0) is 8.31. The molecule has 0 spiro atoms. The van der Waals surface area contributed by atoms with Gasteiger partial charge in [0.15, 0.2) is 0 Å². The summed E-state index contributed by atoms with van der Waals surface area (Å²) in [7, 11) is 0. The van der Waals surface area contributed by atoms with Gasteiger partial charge in [0.25, 0.3) is 0 Å². The van der Waals surface area contributed by atoms with Crippen molar-refractivity contribution in [2.75, 3.05) is 0 Å². The Labute approximate surface area is 85.3 Å². The van der Waals surface area contributed by atoms with Crippen LogP contribution < -0.4 is 0 Å². The smallest absolute Gasteiger partial charge is 0.147 e. The quantitative estimate of drug-likeness (QED) is 0.684. The molecule has 0 saturated carbocycles. The van der Waals surface area contributed by atoms with Crippen molar-refractivity contribution in [3.63, 3.8) is 0 Å². The number of hydrogen-bond acceptors (Lipinski definition) is 0. The Balaban J connectivity index is 0. The minimum absolute atomic E-state index is 0. The molecule has 0 saturated heterocycles. The Morgan fingerprint density at radius 2 is 0.818 bits per heavy atom. The molecule has 0 aliphatic heterocycles. The van der Waals surface area contributed by atoms with E-state index in [0.717, 1.165) is 11.8 Å². The molecule has 2 heteroatoms. The summed E-state index contributed by atoms with van der Waals surface area (Å²) in [4.78, 5) is 0. The van der Waals surface area contributed by atoms with Crippen LogP contribution >= 0.6 is 12.4 Å². The van der Waals surface area contributed by atoms with Gasteiger partial charge in [-0.05, 0) is 0 Å². The first-order valence-corrected chi connectivity index (χ1v) is 9.27. The SMILES string of the molecule is C[CH](C)[Sn]([CH](C)C)[CH](C)C.Cl. The summed E-state index contributed by atoms with van der Waals surface area (Å²) in [5.41, 5.74) is 0. The van der Waals surface area contributed by atoms with Gasteiger partial charge in [0.1, 0.15) is 0 Å². The zero-order valence-electron chi connectivity index (χ0n) is 8.64. The second-order valence-corrected chi connectivity index (χ2v) is 16.7. The predicted octanol–water partition coefficient (Wildman–Crippen LogP) is 4.13. The van der Waals surface area contributed by atoms with Crippen molar-refractivity contribution in [3.05, 3.63) is 0 Å². The molecule has 0 unspecified atom stereocenters. The first-order chi connectivity index (χ1) is 4.46. The third-order valence-electron chi connectivity index (χ3n) is 2.00. The van der Waals surface area contributed by atoms with Gasteiger partial charge >= 0.3 is 73.1 Å². The van der Waals surface area contributed by atoms with Crippen molar-refractivity contribution < 1.29 is 0 Å².